The number of alkyl halides is 2. The van der Waals surface area contributed by atoms with Crippen LogP contribution in [0.25, 0.3) is 0 Å². The number of benzene rings is 3. The summed E-state index contributed by atoms with van der Waals surface area (Å²) >= 11 is 31.3. The van der Waals surface area contributed by atoms with Crippen LogP contribution in [0.1, 0.15) is 68.9 Å². The SMILES string of the molecule is CC(C)(C)OC(=O)N(C(=O)O)c1cc(F)c(NC(=O)c2cc(NC(=O)[C@H]3[C@H](c4ccc(Cl)c(Cl)c4)C3(Cl)Cl)ccc2Cl)c(C(C)(C)C)c1F. The van der Waals surface area contributed by atoms with Crippen molar-refractivity contribution in [1.82, 2.24) is 0 Å². The second kappa shape index (κ2) is 13.8. The summed E-state index contributed by atoms with van der Waals surface area (Å²) in [5, 5.41) is 15.2. The third kappa shape index (κ3) is 8.18. The van der Waals surface area contributed by atoms with Crippen LogP contribution in [-0.4, -0.2) is 39.0 Å². The Hall–Kier alpha value is -3.35. The van der Waals surface area contributed by atoms with Crippen molar-refractivity contribution in [3.8, 4) is 0 Å². The van der Waals surface area contributed by atoms with Crippen molar-refractivity contribution >= 4 is 99.1 Å². The van der Waals surface area contributed by atoms with E-state index >= 15 is 8.78 Å². The van der Waals surface area contributed by atoms with Crippen LogP contribution in [0.3, 0.4) is 0 Å². The summed E-state index contributed by atoms with van der Waals surface area (Å²) in [4.78, 5) is 51.4. The molecule has 16 heteroatoms. The van der Waals surface area contributed by atoms with Crippen molar-refractivity contribution < 1.29 is 37.8 Å². The molecule has 3 aromatic rings. The molecule has 0 aliphatic heterocycles. The molecule has 2 atom stereocenters. The molecule has 0 unspecified atom stereocenters. The van der Waals surface area contributed by atoms with Gasteiger partial charge in [-0.1, -0.05) is 61.6 Å². The minimum absolute atomic E-state index is 0.0597. The first kappa shape index (κ1) is 38.5. The van der Waals surface area contributed by atoms with Gasteiger partial charge in [-0.2, -0.15) is 4.90 Å². The van der Waals surface area contributed by atoms with Gasteiger partial charge in [-0.15, -0.1) is 23.2 Å². The third-order valence-corrected chi connectivity index (χ3v) is 9.32. The first-order valence-corrected chi connectivity index (χ1v) is 16.4. The molecular formula is C33H30Cl5F2N3O6. The second-order valence-corrected chi connectivity index (χ2v) is 15.9. The molecule has 49 heavy (non-hydrogen) atoms. The quantitative estimate of drug-likeness (QED) is 0.214. The summed E-state index contributed by atoms with van der Waals surface area (Å²) in [6, 6.07) is 9.14. The van der Waals surface area contributed by atoms with E-state index in [1.165, 1.54) is 59.7 Å². The minimum atomic E-state index is -1.93. The predicted octanol–water partition coefficient (Wildman–Crippen LogP) is 10.4. The largest absolute Gasteiger partial charge is 0.464 e. The highest BCUT2D eigenvalue weighted by Gasteiger charge is 2.67. The first-order valence-electron chi connectivity index (χ1n) is 14.5. The number of amides is 4. The maximum Gasteiger partial charge on any atom is 0.424 e. The van der Waals surface area contributed by atoms with Crippen LogP contribution >= 0.6 is 58.0 Å². The maximum atomic E-state index is 16.2. The summed E-state index contributed by atoms with van der Waals surface area (Å²) in [5.74, 6) is -5.66. The van der Waals surface area contributed by atoms with Crippen molar-refractivity contribution in [1.29, 1.82) is 0 Å². The fourth-order valence-electron chi connectivity index (χ4n) is 5.14. The van der Waals surface area contributed by atoms with E-state index in [1.807, 2.05) is 0 Å². The van der Waals surface area contributed by atoms with Gasteiger partial charge in [-0.25, -0.2) is 18.4 Å². The molecule has 0 aromatic heterocycles. The van der Waals surface area contributed by atoms with Crippen LogP contribution in [0.2, 0.25) is 15.1 Å². The molecule has 0 radical (unpaired) electrons. The maximum absolute atomic E-state index is 16.2. The molecular weight excluding hydrogens is 750 g/mol. The van der Waals surface area contributed by atoms with Crippen LogP contribution in [0.15, 0.2) is 42.5 Å². The molecule has 1 aliphatic rings. The highest BCUT2D eigenvalue weighted by atomic mass is 35.5. The van der Waals surface area contributed by atoms with Gasteiger partial charge in [-0.3, -0.25) is 9.59 Å². The number of halogens is 7. The van der Waals surface area contributed by atoms with Gasteiger partial charge in [0.05, 0.1) is 37.9 Å². The summed E-state index contributed by atoms with van der Waals surface area (Å²) in [6.07, 6.45) is -3.39. The van der Waals surface area contributed by atoms with Crippen molar-refractivity contribution in [3.05, 3.63) is 85.9 Å². The zero-order valence-corrected chi connectivity index (χ0v) is 30.6. The summed E-state index contributed by atoms with van der Waals surface area (Å²) in [5.41, 5.74) is -3.96. The molecule has 4 rings (SSSR count). The molecule has 262 valence electrons. The Morgan fingerprint density at radius 2 is 1.49 bits per heavy atom. The monoisotopic (exact) mass is 777 g/mol. The molecule has 9 nitrogen and oxygen atoms in total. The third-order valence-electron chi connectivity index (χ3n) is 7.31. The number of carbonyl (C=O) groups excluding carboxylic acids is 3. The molecule has 1 fully saturated rings. The van der Waals surface area contributed by atoms with Crippen LogP contribution in [0.5, 0.6) is 0 Å². The van der Waals surface area contributed by atoms with Gasteiger partial charge in [0.25, 0.3) is 5.91 Å². The lowest BCUT2D eigenvalue weighted by atomic mass is 9.84. The molecule has 3 N–H and O–H groups in total. The molecule has 1 saturated carbocycles. The normalized spacial score (nSPS) is 16.8. The smallest absolute Gasteiger partial charge is 0.424 e. The van der Waals surface area contributed by atoms with E-state index in [4.69, 9.17) is 62.7 Å². The van der Waals surface area contributed by atoms with E-state index in [0.29, 0.717) is 16.7 Å². The Bertz CT molecular complexity index is 1880. The number of ether oxygens (including phenoxy) is 1. The summed E-state index contributed by atoms with van der Waals surface area (Å²) in [7, 11) is 0. The number of carboxylic acid groups (broad SMARTS) is 1. The lowest BCUT2D eigenvalue weighted by Gasteiger charge is -2.29. The average Bonchev–Trinajstić information content (AvgIpc) is 3.53. The van der Waals surface area contributed by atoms with E-state index < -0.39 is 79.8 Å². The molecule has 4 amide bonds. The molecule has 0 saturated heterocycles. The van der Waals surface area contributed by atoms with E-state index in [1.54, 1.807) is 18.2 Å². The number of anilines is 3. The van der Waals surface area contributed by atoms with Gasteiger partial charge in [0, 0.05) is 23.2 Å². The molecule has 0 spiro atoms. The van der Waals surface area contributed by atoms with Crippen LogP contribution in [0.4, 0.5) is 35.4 Å². The Kier molecular flexibility index (Phi) is 10.8. The number of nitrogens with one attached hydrogen (secondary N) is 2. The van der Waals surface area contributed by atoms with Crippen LogP contribution in [0, 0.1) is 17.6 Å². The highest BCUT2D eigenvalue weighted by molar-refractivity contribution is 6.53. The lowest BCUT2D eigenvalue weighted by Crippen LogP contribution is -2.41. The minimum Gasteiger partial charge on any atom is -0.464 e. The Morgan fingerprint density at radius 3 is 2.04 bits per heavy atom. The zero-order chi connectivity index (χ0) is 37.0. The van der Waals surface area contributed by atoms with Crippen LogP contribution < -0.4 is 15.5 Å². The van der Waals surface area contributed by atoms with Gasteiger partial charge in [0.2, 0.25) is 5.91 Å². The number of rotatable bonds is 6. The number of hydrogen-bond donors (Lipinski definition) is 3. The predicted molar refractivity (Wildman–Crippen MR) is 187 cm³/mol. The fourth-order valence-corrected chi connectivity index (χ4v) is 6.48. The van der Waals surface area contributed by atoms with Gasteiger partial charge in [-0.05, 0) is 62.1 Å². The highest BCUT2D eigenvalue weighted by Crippen LogP contribution is 2.65. The van der Waals surface area contributed by atoms with Gasteiger partial charge in [0.15, 0.2) is 5.82 Å². The lowest BCUT2D eigenvalue weighted by molar-refractivity contribution is -0.117. The average molecular weight is 780 g/mol. The molecule has 0 bridgehead atoms. The van der Waals surface area contributed by atoms with E-state index in [-0.39, 0.29) is 26.2 Å². The molecule has 3 aromatic carbocycles. The second-order valence-electron chi connectivity index (χ2n) is 13.2. The van der Waals surface area contributed by atoms with Crippen LogP contribution in [-0.2, 0) is 14.9 Å². The molecule has 0 heterocycles. The fraction of sp³-hybridized carbons (Fsp3) is 0.333. The number of nitrogens with zero attached hydrogens (tertiary/aromatic N) is 1. The number of hydrogen-bond acceptors (Lipinski definition) is 5. The van der Waals surface area contributed by atoms with E-state index in [0.717, 1.165) is 0 Å². The topological polar surface area (TPSA) is 125 Å². The van der Waals surface area contributed by atoms with Gasteiger partial charge in [0.1, 0.15) is 15.8 Å². The van der Waals surface area contributed by atoms with Gasteiger partial charge >= 0.3 is 12.2 Å². The first-order chi connectivity index (χ1) is 22.5. The van der Waals surface area contributed by atoms with E-state index in [2.05, 4.69) is 10.6 Å². The van der Waals surface area contributed by atoms with Crippen molar-refractivity contribution in [2.24, 2.45) is 5.92 Å². The summed E-state index contributed by atoms with van der Waals surface area (Å²) < 4.78 is 35.6. The number of carbonyl (C=O) groups is 4. The Morgan fingerprint density at radius 1 is 0.878 bits per heavy atom. The zero-order valence-electron chi connectivity index (χ0n) is 26.8. The summed E-state index contributed by atoms with van der Waals surface area (Å²) in [6.45, 7) is 8.87. The number of imide groups is 1. The van der Waals surface area contributed by atoms with Crippen molar-refractivity contribution in [3.63, 3.8) is 0 Å². The van der Waals surface area contributed by atoms with E-state index in [9.17, 15) is 24.3 Å². The standard InChI is InChI=1S/C33H30Cl5F2N3O6/c1-31(2,3)24-25(40)21(43(29(46)47)30(48)49-32(4,5)6)13-20(39)26(24)42-27(44)16-12-15(8-10-17(16)34)41-28(45)23-22(33(23,37)38)14-7-9-18(35)19(36)11-14/h7-13,22-23H,1-6H3,(H,41,45)(H,42,44)(H,46,47)/t22-,23+/m0/s1. The van der Waals surface area contributed by atoms with Gasteiger partial charge < -0.3 is 20.5 Å². The van der Waals surface area contributed by atoms with Crippen molar-refractivity contribution in [2.45, 2.75) is 62.8 Å². The van der Waals surface area contributed by atoms with Crippen molar-refractivity contribution in [2.75, 3.05) is 15.5 Å². The Labute approximate surface area is 305 Å². The Balaban J connectivity index is 1.65. The molecule has 1 aliphatic carbocycles.